The molecule has 0 fully saturated rings. The Morgan fingerprint density at radius 2 is 2.16 bits per heavy atom. The molecule has 1 unspecified atom stereocenters. The van der Waals surface area contributed by atoms with E-state index in [0.717, 1.165) is 18.2 Å². The zero-order valence-electron chi connectivity index (χ0n) is 13.7. The van der Waals surface area contributed by atoms with Gasteiger partial charge in [-0.05, 0) is 17.7 Å². The minimum atomic E-state index is -0.702. The van der Waals surface area contributed by atoms with Gasteiger partial charge in [0.1, 0.15) is 6.07 Å². The number of carbonyl (C=O) groups excluding carboxylic acids is 2. The topological polar surface area (TPSA) is 140 Å². The maximum Gasteiger partial charge on any atom is 0.309 e. The van der Waals surface area contributed by atoms with Gasteiger partial charge in [0.05, 0.1) is 11.4 Å². The Morgan fingerprint density at radius 3 is 2.72 bits per heavy atom. The van der Waals surface area contributed by atoms with Crippen molar-refractivity contribution in [2.45, 2.75) is 20.3 Å². The van der Waals surface area contributed by atoms with Crippen molar-refractivity contribution < 1.29 is 14.3 Å². The van der Waals surface area contributed by atoms with Crippen molar-refractivity contribution in [2.75, 3.05) is 5.43 Å². The zero-order chi connectivity index (χ0) is 18.4. The Labute approximate surface area is 143 Å². The van der Waals surface area contributed by atoms with Gasteiger partial charge in [-0.25, -0.2) is 5.43 Å². The van der Waals surface area contributed by atoms with Crippen LogP contribution in [0.4, 0.5) is 5.69 Å². The summed E-state index contributed by atoms with van der Waals surface area (Å²) in [6.45, 7) is 3.06. The van der Waals surface area contributed by atoms with Crippen LogP contribution in [0.25, 0.3) is 0 Å². The fourth-order valence-corrected chi connectivity index (χ4v) is 2.16. The van der Waals surface area contributed by atoms with Gasteiger partial charge in [-0.2, -0.15) is 15.5 Å². The number of esters is 1. The summed E-state index contributed by atoms with van der Waals surface area (Å²) in [5, 5.41) is 24.2. The highest BCUT2D eigenvalue weighted by Crippen LogP contribution is 2.18. The van der Waals surface area contributed by atoms with E-state index >= 15 is 0 Å². The number of rotatable bonds is 4. The third-order valence-corrected chi connectivity index (χ3v) is 3.30. The highest BCUT2D eigenvalue weighted by molar-refractivity contribution is 6.45. The molecule has 128 valence electrons. The molecule has 1 aliphatic heterocycles. The van der Waals surface area contributed by atoms with E-state index in [1.165, 1.54) is 0 Å². The number of carbonyl (C=O) groups is 2. The van der Waals surface area contributed by atoms with Crippen molar-refractivity contribution in [3.8, 4) is 6.07 Å². The van der Waals surface area contributed by atoms with Gasteiger partial charge < -0.3 is 4.74 Å². The number of amides is 1. The van der Waals surface area contributed by atoms with Crippen LogP contribution in [0.1, 0.15) is 25.8 Å². The van der Waals surface area contributed by atoms with Crippen LogP contribution in [0.2, 0.25) is 0 Å². The molecule has 1 amide bonds. The van der Waals surface area contributed by atoms with Gasteiger partial charge >= 0.3 is 5.97 Å². The smallest absolute Gasteiger partial charge is 0.309 e. The van der Waals surface area contributed by atoms with Gasteiger partial charge in [0.2, 0.25) is 11.6 Å². The van der Waals surface area contributed by atoms with Gasteiger partial charge in [-0.15, -0.1) is 0 Å². The Hall–Kier alpha value is -3.54. The number of benzene rings is 1. The van der Waals surface area contributed by atoms with E-state index in [9.17, 15) is 9.59 Å². The van der Waals surface area contributed by atoms with Crippen molar-refractivity contribution in [3.63, 3.8) is 0 Å². The highest BCUT2D eigenvalue weighted by atomic mass is 16.5. The number of ether oxygens (including phenoxy) is 1. The van der Waals surface area contributed by atoms with Crippen LogP contribution >= 0.6 is 0 Å². The predicted octanol–water partition coefficient (Wildman–Crippen LogP) is 1.38. The Kier molecular flexibility index (Phi) is 5.58. The summed E-state index contributed by atoms with van der Waals surface area (Å²) in [6.07, 6.45) is 0.382. The van der Waals surface area contributed by atoms with E-state index in [4.69, 9.17) is 10.7 Å². The van der Waals surface area contributed by atoms with Crippen molar-refractivity contribution in [3.05, 3.63) is 29.8 Å². The summed E-state index contributed by atoms with van der Waals surface area (Å²) in [6, 6.07) is 8.71. The van der Waals surface area contributed by atoms with Gasteiger partial charge in [-0.3, -0.25) is 20.4 Å². The molecule has 9 heteroatoms. The number of nitrogens with zero attached hydrogens (tertiary/aromatic N) is 3. The number of anilines is 1. The molecule has 2 rings (SSSR count). The molecule has 1 atom stereocenters. The molecule has 0 aliphatic carbocycles. The van der Waals surface area contributed by atoms with Gasteiger partial charge in [0.25, 0.3) is 5.90 Å². The largest absolute Gasteiger partial charge is 0.405 e. The number of hydrogen-bond acceptors (Lipinski definition) is 8. The molecule has 1 aromatic carbocycles. The monoisotopic (exact) mass is 340 g/mol. The molecule has 25 heavy (non-hydrogen) atoms. The lowest BCUT2D eigenvalue weighted by Crippen LogP contribution is -2.31. The van der Waals surface area contributed by atoms with E-state index in [1.807, 2.05) is 6.92 Å². The molecule has 1 aromatic rings. The lowest BCUT2D eigenvalue weighted by Gasteiger charge is -2.19. The van der Waals surface area contributed by atoms with Crippen LogP contribution < -0.4 is 10.9 Å². The van der Waals surface area contributed by atoms with Crippen LogP contribution in [0.5, 0.6) is 0 Å². The lowest BCUT2D eigenvalue weighted by molar-refractivity contribution is -0.132. The molecule has 0 aromatic heterocycles. The summed E-state index contributed by atoms with van der Waals surface area (Å²) in [4.78, 5) is 22.1. The van der Waals surface area contributed by atoms with E-state index < -0.39 is 11.9 Å². The maximum atomic E-state index is 11.3. The second-order valence-corrected chi connectivity index (χ2v) is 5.32. The summed E-state index contributed by atoms with van der Waals surface area (Å²) in [7, 11) is 0. The summed E-state index contributed by atoms with van der Waals surface area (Å²) >= 11 is 0. The second kappa shape index (κ2) is 7.83. The molecule has 0 radical (unpaired) electrons. The average Bonchev–Trinajstić information content (AvgIpc) is 2.55. The first-order valence-electron chi connectivity index (χ1n) is 7.38. The molecular weight excluding hydrogens is 324 g/mol. The number of hydrazone groups is 2. The Morgan fingerprint density at radius 1 is 1.48 bits per heavy atom. The van der Waals surface area contributed by atoms with Crippen molar-refractivity contribution in [1.82, 2.24) is 5.43 Å². The summed E-state index contributed by atoms with van der Waals surface area (Å²) in [5.74, 6) is -1.42. The van der Waals surface area contributed by atoms with Crippen LogP contribution in [0.3, 0.4) is 0 Å². The normalized spacial score (nSPS) is 17.0. The van der Waals surface area contributed by atoms with Crippen LogP contribution in [-0.4, -0.2) is 29.2 Å². The maximum absolute atomic E-state index is 11.3. The van der Waals surface area contributed by atoms with Crippen LogP contribution in [0, 0.1) is 22.7 Å². The van der Waals surface area contributed by atoms with Crippen LogP contribution in [-0.2, 0) is 14.3 Å². The number of hydrogen-bond donors (Lipinski definition) is 3. The van der Waals surface area contributed by atoms with E-state index in [1.54, 1.807) is 30.3 Å². The average molecular weight is 340 g/mol. The minimum absolute atomic E-state index is 0.0139. The molecule has 0 bridgehead atoms. The van der Waals surface area contributed by atoms with E-state index in [0.29, 0.717) is 12.1 Å². The fraction of sp³-hybridized carbons (Fsp3) is 0.250. The number of nitrogens with one attached hydrogen (secondary N) is 3. The first kappa shape index (κ1) is 17.8. The van der Waals surface area contributed by atoms with Gasteiger partial charge in [0, 0.05) is 19.3 Å². The molecule has 1 heterocycles. The first-order valence-corrected chi connectivity index (χ1v) is 7.38. The second-order valence-electron chi connectivity index (χ2n) is 5.32. The van der Waals surface area contributed by atoms with Crippen LogP contribution in [0.15, 0.2) is 34.5 Å². The molecule has 0 saturated heterocycles. The fourth-order valence-electron chi connectivity index (χ4n) is 2.16. The number of nitriles is 1. The first-order chi connectivity index (χ1) is 11.9. The SMILES string of the molecule is CC(=O)OC(=N)/C(C#N)=N/Nc1ccc(C2=NNC(=O)CC2C)cc1. The Balaban J connectivity index is 2.09. The third-order valence-electron chi connectivity index (χ3n) is 3.30. The molecular formula is C16H16N6O3. The Bertz CT molecular complexity index is 804. The molecule has 1 aliphatic rings. The quantitative estimate of drug-likeness (QED) is 0.329. The lowest BCUT2D eigenvalue weighted by atomic mass is 9.94. The van der Waals surface area contributed by atoms with Gasteiger partial charge in [-0.1, -0.05) is 19.1 Å². The van der Waals surface area contributed by atoms with Crippen molar-refractivity contribution >= 4 is 34.9 Å². The van der Waals surface area contributed by atoms with Crippen molar-refractivity contribution in [1.29, 1.82) is 10.7 Å². The summed E-state index contributed by atoms with van der Waals surface area (Å²) in [5.41, 5.74) is 6.94. The standard InChI is InChI=1S/C16H16N6O3/c1-9-7-14(24)21-22-15(9)11-3-5-12(6-4-11)19-20-13(8-17)16(18)25-10(2)23/h3-6,9,18-19H,7H2,1-2H3,(H,21,24)/b18-16?,20-13+. The molecule has 3 N–H and O–H groups in total. The van der Waals surface area contributed by atoms with Gasteiger partial charge in [0.15, 0.2) is 0 Å². The molecule has 9 nitrogen and oxygen atoms in total. The minimum Gasteiger partial charge on any atom is -0.405 e. The summed E-state index contributed by atoms with van der Waals surface area (Å²) < 4.78 is 4.51. The molecule has 0 saturated carbocycles. The predicted molar refractivity (Wildman–Crippen MR) is 91.1 cm³/mol. The van der Waals surface area contributed by atoms with Crippen molar-refractivity contribution in [2.24, 2.45) is 16.1 Å². The van der Waals surface area contributed by atoms with E-state index in [-0.39, 0.29) is 17.5 Å². The zero-order valence-corrected chi connectivity index (χ0v) is 13.7. The van der Waals surface area contributed by atoms with E-state index in [2.05, 4.69) is 25.8 Å². The third kappa shape index (κ3) is 4.71. The molecule has 0 spiro atoms. The highest BCUT2D eigenvalue weighted by Gasteiger charge is 2.21.